The first kappa shape index (κ1) is 23.6. The lowest BCUT2D eigenvalue weighted by Crippen LogP contribution is -2.38. The van der Waals surface area contributed by atoms with Crippen molar-refractivity contribution in [2.24, 2.45) is 10.7 Å². The van der Waals surface area contributed by atoms with E-state index in [1.807, 2.05) is 24.1 Å². The summed E-state index contributed by atoms with van der Waals surface area (Å²) in [5, 5.41) is 3.23. The molecule has 0 unspecified atom stereocenters. The third-order valence-electron chi connectivity index (χ3n) is 3.83. The lowest BCUT2D eigenvalue weighted by Gasteiger charge is -2.22. The van der Waals surface area contributed by atoms with E-state index < -0.39 is 12.5 Å². The summed E-state index contributed by atoms with van der Waals surface area (Å²) in [4.78, 5) is 17.2. The number of carbonyl (C=O) groups excluding carboxylic acids is 1. The Morgan fingerprint density at radius 2 is 1.71 bits per heavy atom. The van der Waals surface area contributed by atoms with Gasteiger partial charge in [-0.15, -0.1) is 24.0 Å². The molecule has 0 atom stereocenters. The number of primary amides is 1. The molecule has 0 heterocycles. The number of nitrogens with one attached hydrogen (secondary N) is 1. The number of carbonyl (C=O) groups is 1. The number of hydrogen-bond donors (Lipinski definition) is 2. The van der Waals surface area contributed by atoms with Crippen molar-refractivity contribution in [1.82, 2.24) is 10.2 Å². The zero-order valence-electron chi connectivity index (χ0n) is 15.6. The first-order valence-electron chi connectivity index (χ1n) is 8.23. The molecule has 0 saturated carbocycles. The smallest absolute Gasteiger partial charge is 0.387 e. The van der Waals surface area contributed by atoms with Crippen LogP contribution in [-0.4, -0.2) is 37.5 Å². The summed E-state index contributed by atoms with van der Waals surface area (Å²) < 4.78 is 28.7. The van der Waals surface area contributed by atoms with Gasteiger partial charge in [-0.3, -0.25) is 9.79 Å². The van der Waals surface area contributed by atoms with Crippen molar-refractivity contribution in [2.75, 3.05) is 14.1 Å². The molecule has 28 heavy (non-hydrogen) atoms. The quantitative estimate of drug-likeness (QED) is 0.345. The summed E-state index contributed by atoms with van der Waals surface area (Å²) in [5.41, 5.74) is 7.59. The monoisotopic (exact) mass is 504 g/mol. The maximum atomic E-state index is 12.2. The molecule has 0 aliphatic carbocycles. The molecule has 0 aromatic heterocycles. The van der Waals surface area contributed by atoms with E-state index in [0.717, 1.165) is 11.1 Å². The molecule has 0 fully saturated rings. The molecule has 2 rings (SSSR count). The topological polar surface area (TPSA) is 79.9 Å². The molecule has 0 aliphatic rings. The average molecular weight is 504 g/mol. The van der Waals surface area contributed by atoms with Crippen LogP contribution in [0.5, 0.6) is 5.75 Å². The zero-order valence-corrected chi connectivity index (χ0v) is 17.9. The number of nitrogens with two attached hydrogens (primary N) is 1. The Balaban J connectivity index is 0.00000392. The van der Waals surface area contributed by atoms with Gasteiger partial charge >= 0.3 is 6.61 Å². The van der Waals surface area contributed by atoms with Crippen molar-refractivity contribution >= 4 is 35.8 Å². The third-order valence-corrected chi connectivity index (χ3v) is 3.83. The Morgan fingerprint density at radius 1 is 1.14 bits per heavy atom. The van der Waals surface area contributed by atoms with Gasteiger partial charge in [0.25, 0.3) is 0 Å². The lowest BCUT2D eigenvalue weighted by atomic mass is 10.1. The number of ether oxygens (including phenoxy) is 1. The van der Waals surface area contributed by atoms with E-state index >= 15 is 0 Å². The van der Waals surface area contributed by atoms with Crippen LogP contribution in [0.15, 0.2) is 53.5 Å². The predicted molar refractivity (Wildman–Crippen MR) is 115 cm³/mol. The maximum Gasteiger partial charge on any atom is 0.387 e. The fourth-order valence-corrected chi connectivity index (χ4v) is 2.48. The van der Waals surface area contributed by atoms with Gasteiger partial charge in [-0.05, 0) is 35.4 Å². The van der Waals surface area contributed by atoms with E-state index in [1.54, 1.807) is 31.3 Å². The number of alkyl halides is 2. The fourth-order valence-electron chi connectivity index (χ4n) is 2.48. The Hall–Kier alpha value is -2.43. The summed E-state index contributed by atoms with van der Waals surface area (Å²) in [7, 11) is 3.55. The van der Waals surface area contributed by atoms with Crippen LogP contribution in [-0.2, 0) is 13.1 Å². The van der Waals surface area contributed by atoms with Crippen molar-refractivity contribution in [2.45, 2.75) is 19.7 Å². The van der Waals surface area contributed by atoms with Gasteiger partial charge in [0.2, 0.25) is 5.91 Å². The highest BCUT2D eigenvalue weighted by Crippen LogP contribution is 2.15. The second-order valence-corrected chi connectivity index (χ2v) is 5.84. The molecule has 0 aliphatic heterocycles. The first-order valence-corrected chi connectivity index (χ1v) is 8.23. The van der Waals surface area contributed by atoms with E-state index in [0.29, 0.717) is 24.6 Å². The van der Waals surface area contributed by atoms with Gasteiger partial charge in [0, 0.05) is 32.7 Å². The van der Waals surface area contributed by atoms with Crippen LogP contribution in [0.25, 0.3) is 0 Å². The summed E-state index contributed by atoms with van der Waals surface area (Å²) in [6.45, 7) is -1.77. The fraction of sp³-hybridized carbons (Fsp3) is 0.263. The number of amides is 1. The predicted octanol–water partition coefficient (Wildman–Crippen LogP) is 3.21. The second kappa shape index (κ2) is 11.4. The highest BCUT2D eigenvalue weighted by Gasteiger charge is 2.08. The van der Waals surface area contributed by atoms with Gasteiger partial charge in [0.1, 0.15) is 5.75 Å². The minimum atomic E-state index is -2.83. The van der Waals surface area contributed by atoms with Gasteiger partial charge in [-0.1, -0.05) is 24.3 Å². The molecule has 2 aromatic rings. The van der Waals surface area contributed by atoms with Gasteiger partial charge < -0.3 is 20.7 Å². The summed E-state index contributed by atoms with van der Waals surface area (Å²) in [5.74, 6) is 0.329. The average Bonchev–Trinajstić information content (AvgIpc) is 2.64. The summed E-state index contributed by atoms with van der Waals surface area (Å²) in [6, 6.07) is 13.5. The molecule has 0 bridgehead atoms. The van der Waals surface area contributed by atoms with Gasteiger partial charge in [-0.25, -0.2) is 0 Å². The van der Waals surface area contributed by atoms with Crippen LogP contribution in [0.3, 0.4) is 0 Å². The van der Waals surface area contributed by atoms with E-state index in [-0.39, 0.29) is 29.7 Å². The molecule has 152 valence electrons. The third kappa shape index (κ3) is 7.29. The minimum absolute atomic E-state index is 0. The number of benzene rings is 2. The molecule has 0 spiro atoms. The molecule has 9 heteroatoms. The van der Waals surface area contributed by atoms with Crippen molar-refractivity contribution in [3.05, 3.63) is 65.2 Å². The highest BCUT2D eigenvalue weighted by molar-refractivity contribution is 14.0. The van der Waals surface area contributed by atoms with Crippen molar-refractivity contribution < 1.29 is 18.3 Å². The molecule has 0 radical (unpaired) electrons. The molecule has 1 amide bonds. The van der Waals surface area contributed by atoms with E-state index in [2.05, 4.69) is 15.0 Å². The zero-order chi connectivity index (χ0) is 19.8. The van der Waals surface area contributed by atoms with E-state index in [1.165, 1.54) is 12.1 Å². The van der Waals surface area contributed by atoms with Crippen LogP contribution in [0.1, 0.15) is 21.5 Å². The van der Waals surface area contributed by atoms with E-state index in [4.69, 9.17) is 5.73 Å². The Morgan fingerprint density at radius 3 is 2.21 bits per heavy atom. The van der Waals surface area contributed by atoms with Gasteiger partial charge in [0.05, 0.1) is 0 Å². The van der Waals surface area contributed by atoms with Crippen molar-refractivity contribution in [3.8, 4) is 5.75 Å². The largest absolute Gasteiger partial charge is 0.435 e. The molecular formula is C19H23F2IN4O2. The van der Waals surface area contributed by atoms with Gasteiger partial charge in [0.15, 0.2) is 5.96 Å². The number of nitrogens with zero attached hydrogens (tertiary/aromatic N) is 2. The Bertz CT molecular complexity index is 784. The van der Waals surface area contributed by atoms with E-state index in [9.17, 15) is 13.6 Å². The minimum Gasteiger partial charge on any atom is -0.435 e. The van der Waals surface area contributed by atoms with Crippen LogP contribution < -0.4 is 15.8 Å². The van der Waals surface area contributed by atoms with Crippen molar-refractivity contribution in [1.29, 1.82) is 0 Å². The molecule has 2 aromatic carbocycles. The molecule has 3 N–H and O–H groups in total. The molecular weight excluding hydrogens is 481 g/mol. The lowest BCUT2D eigenvalue weighted by molar-refractivity contribution is -0.0498. The second-order valence-electron chi connectivity index (χ2n) is 5.84. The standard InChI is InChI=1S/C19H22F2N4O2.HI/c1-23-19(24-11-13-3-7-15(8-4-13)17(22)26)25(2)12-14-5-9-16(10-6-14)27-18(20)21;/h3-10,18H,11-12H2,1-2H3,(H2,22,26)(H,23,24);1H. The van der Waals surface area contributed by atoms with Gasteiger partial charge in [-0.2, -0.15) is 8.78 Å². The summed E-state index contributed by atoms with van der Waals surface area (Å²) in [6.07, 6.45) is 0. The SMILES string of the molecule is CN=C(NCc1ccc(C(N)=O)cc1)N(C)Cc1ccc(OC(F)F)cc1.I. The van der Waals surface area contributed by atoms with Crippen LogP contribution in [0, 0.1) is 0 Å². The number of hydrogen-bond acceptors (Lipinski definition) is 3. The maximum absolute atomic E-state index is 12.2. The van der Waals surface area contributed by atoms with Crippen molar-refractivity contribution in [3.63, 3.8) is 0 Å². The normalized spacial score (nSPS) is 11.0. The molecule has 6 nitrogen and oxygen atoms in total. The van der Waals surface area contributed by atoms with Crippen LogP contribution in [0.4, 0.5) is 8.78 Å². The van der Waals surface area contributed by atoms with Crippen LogP contribution >= 0.6 is 24.0 Å². The Labute approximate surface area is 179 Å². The first-order chi connectivity index (χ1) is 12.9. The van der Waals surface area contributed by atoms with Crippen LogP contribution in [0.2, 0.25) is 0 Å². The Kier molecular flexibility index (Phi) is 9.63. The molecule has 0 saturated heterocycles. The number of guanidine groups is 1. The number of rotatable bonds is 7. The highest BCUT2D eigenvalue weighted by atomic mass is 127. The number of aliphatic imine (C=N–C) groups is 1. The summed E-state index contributed by atoms with van der Waals surface area (Å²) >= 11 is 0. The number of halogens is 3.